The van der Waals surface area contributed by atoms with Crippen molar-refractivity contribution in [3.8, 4) is 17.2 Å². The lowest BCUT2D eigenvalue weighted by atomic mass is 9.89. The van der Waals surface area contributed by atoms with Gasteiger partial charge in [0.2, 0.25) is 0 Å². The zero-order chi connectivity index (χ0) is 20.3. The number of nitrogens with one attached hydrogen (secondary N) is 1. The van der Waals surface area contributed by atoms with Crippen LogP contribution in [0.4, 0.5) is 0 Å². The molecule has 0 aromatic heterocycles. The summed E-state index contributed by atoms with van der Waals surface area (Å²) in [6, 6.07) is 11.4. The summed E-state index contributed by atoms with van der Waals surface area (Å²) in [7, 11) is 1.62. The molecule has 3 rings (SSSR count). The molecule has 0 spiro atoms. The third-order valence-corrected chi connectivity index (χ3v) is 5.39. The van der Waals surface area contributed by atoms with E-state index in [4.69, 9.17) is 14.2 Å². The first-order valence-corrected chi connectivity index (χ1v) is 10.2. The van der Waals surface area contributed by atoms with Crippen molar-refractivity contribution in [3.63, 3.8) is 0 Å². The van der Waals surface area contributed by atoms with Gasteiger partial charge in [-0.15, -0.1) is 0 Å². The number of hydrogen-bond donors (Lipinski definition) is 1. The van der Waals surface area contributed by atoms with Crippen LogP contribution >= 0.6 is 15.9 Å². The summed E-state index contributed by atoms with van der Waals surface area (Å²) >= 11 is 3.50. The second-order valence-corrected chi connectivity index (χ2v) is 8.35. The van der Waals surface area contributed by atoms with E-state index in [9.17, 15) is 4.79 Å². The molecule has 6 heteroatoms. The van der Waals surface area contributed by atoms with E-state index in [-0.39, 0.29) is 24.2 Å². The Morgan fingerprint density at radius 3 is 2.75 bits per heavy atom. The van der Waals surface area contributed by atoms with E-state index < -0.39 is 0 Å². The van der Waals surface area contributed by atoms with E-state index in [0.717, 1.165) is 28.0 Å². The fourth-order valence-corrected chi connectivity index (χ4v) is 3.89. The van der Waals surface area contributed by atoms with Gasteiger partial charge in [0.1, 0.15) is 22.8 Å². The molecule has 2 aromatic carbocycles. The predicted molar refractivity (Wildman–Crippen MR) is 112 cm³/mol. The smallest absolute Gasteiger partial charge is 0.258 e. The normalized spacial score (nSPS) is 17.2. The van der Waals surface area contributed by atoms with Crippen molar-refractivity contribution >= 4 is 21.8 Å². The number of carbonyl (C=O) groups excluding carboxylic acids is 1. The first-order chi connectivity index (χ1) is 13.3. The molecular formula is C22H26BrNO4. The molecule has 1 heterocycles. The number of amides is 1. The van der Waals surface area contributed by atoms with Gasteiger partial charge < -0.3 is 19.5 Å². The van der Waals surface area contributed by atoms with Crippen LogP contribution in [0.5, 0.6) is 17.2 Å². The first-order valence-electron chi connectivity index (χ1n) is 9.39. The number of rotatable bonds is 6. The van der Waals surface area contributed by atoms with Crippen LogP contribution in [0.25, 0.3) is 0 Å². The van der Waals surface area contributed by atoms with Crippen molar-refractivity contribution in [2.75, 3.05) is 13.7 Å². The van der Waals surface area contributed by atoms with Gasteiger partial charge in [0.05, 0.1) is 17.6 Å². The molecule has 0 fully saturated rings. The molecule has 1 aliphatic rings. The Morgan fingerprint density at radius 1 is 1.29 bits per heavy atom. The van der Waals surface area contributed by atoms with Crippen LogP contribution in [-0.4, -0.2) is 25.2 Å². The summed E-state index contributed by atoms with van der Waals surface area (Å²) in [4.78, 5) is 12.6. The van der Waals surface area contributed by atoms with E-state index in [2.05, 4.69) is 28.2 Å². The van der Waals surface area contributed by atoms with Crippen LogP contribution in [-0.2, 0) is 11.2 Å². The summed E-state index contributed by atoms with van der Waals surface area (Å²) < 4.78 is 17.9. The SMILES string of the molecule is CCc1ccc(OCC(=O)N[C@@H]2CC(C)(C)Oc3ccc(OC)cc32)c(Br)c1. The molecule has 28 heavy (non-hydrogen) atoms. The predicted octanol–water partition coefficient (Wildman–Crippen LogP) is 4.82. The highest BCUT2D eigenvalue weighted by atomic mass is 79.9. The molecule has 1 N–H and O–H groups in total. The Morgan fingerprint density at radius 2 is 2.07 bits per heavy atom. The van der Waals surface area contributed by atoms with Crippen LogP contribution in [0, 0.1) is 0 Å². The van der Waals surface area contributed by atoms with Crippen molar-refractivity contribution in [2.24, 2.45) is 0 Å². The molecule has 0 saturated heterocycles. The van der Waals surface area contributed by atoms with Crippen LogP contribution in [0.2, 0.25) is 0 Å². The molecule has 5 nitrogen and oxygen atoms in total. The van der Waals surface area contributed by atoms with Crippen LogP contribution in [0.15, 0.2) is 40.9 Å². The van der Waals surface area contributed by atoms with Crippen LogP contribution in [0.3, 0.4) is 0 Å². The minimum Gasteiger partial charge on any atom is -0.497 e. The van der Waals surface area contributed by atoms with Gasteiger partial charge in [-0.3, -0.25) is 4.79 Å². The van der Waals surface area contributed by atoms with E-state index in [1.54, 1.807) is 7.11 Å². The highest BCUT2D eigenvalue weighted by Crippen LogP contribution is 2.41. The highest BCUT2D eigenvalue weighted by Gasteiger charge is 2.34. The third-order valence-electron chi connectivity index (χ3n) is 4.77. The minimum absolute atomic E-state index is 0.0544. The van der Waals surface area contributed by atoms with Crippen molar-refractivity contribution < 1.29 is 19.0 Å². The van der Waals surface area contributed by atoms with Crippen molar-refractivity contribution in [2.45, 2.75) is 45.3 Å². The maximum Gasteiger partial charge on any atom is 0.258 e. The van der Waals surface area contributed by atoms with Crippen molar-refractivity contribution in [3.05, 3.63) is 52.0 Å². The van der Waals surface area contributed by atoms with Gasteiger partial charge >= 0.3 is 0 Å². The fraction of sp³-hybridized carbons (Fsp3) is 0.409. The van der Waals surface area contributed by atoms with Gasteiger partial charge in [0.15, 0.2) is 6.61 Å². The second-order valence-electron chi connectivity index (χ2n) is 7.50. The van der Waals surface area contributed by atoms with E-state index in [0.29, 0.717) is 12.2 Å². The van der Waals surface area contributed by atoms with Crippen LogP contribution < -0.4 is 19.5 Å². The molecule has 0 bridgehead atoms. The third kappa shape index (κ3) is 4.79. The Labute approximate surface area is 174 Å². The molecule has 1 amide bonds. The molecule has 0 unspecified atom stereocenters. The summed E-state index contributed by atoms with van der Waals surface area (Å²) in [5.41, 5.74) is 1.75. The van der Waals surface area contributed by atoms with Gasteiger partial charge in [-0.05, 0) is 72.1 Å². The molecule has 0 saturated carbocycles. The second kappa shape index (κ2) is 8.43. The van der Waals surface area contributed by atoms with Gasteiger partial charge in [-0.25, -0.2) is 0 Å². The topological polar surface area (TPSA) is 56.8 Å². The standard InChI is InChI=1S/C22H26BrNO4/c1-5-14-6-8-20(17(23)10-14)27-13-21(25)24-18-12-22(2,3)28-19-9-7-15(26-4)11-16(18)19/h6-11,18H,5,12-13H2,1-4H3,(H,24,25)/t18-/m1/s1. The van der Waals surface area contributed by atoms with Crippen molar-refractivity contribution in [1.29, 1.82) is 0 Å². The molecule has 0 radical (unpaired) electrons. The van der Waals surface area contributed by atoms with Crippen molar-refractivity contribution in [1.82, 2.24) is 5.32 Å². The monoisotopic (exact) mass is 447 g/mol. The number of benzene rings is 2. The minimum atomic E-state index is -0.376. The van der Waals surface area contributed by atoms with Crippen LogP contribution in [0.1, 0.15) is 44.4 Å². The fourth-order valence-electron chi connectivity index (χ4n) is 3.35. The van der Waals surface area contributed by atoms with Gasteiger partial charge in [-0.1, -0.05) is 13.0 Å². The van der Waals surface area contributed by atoms with Gasteiger partial charge in [0.25, 0.3) is 5.91 Å². The molecule has 2 aromatic rings. The number of aryl methyl sites for hydroxylation is 1. The summed E-state index contributed by atoms with van der Waals surface area (Å²) in [6.07, 6.45) is 1.61. The Balaban J connectivity index is 1.70. The summed E-state index contributed by atoms with van der Waals surface area (Å²) in [6.45, 7) is 6.07. The molecular weight excluding hydrogens is 422 g/mol. The Hall–Kier alpha value is -2.21. The largest absolute Gasteiger partial charge is 0.497 e. The van der Waals surface area contributed by atoms with E-state index >= 15 is 0 Å². The molecule has 150 valence electrons. The Bertz CT molecular complexity index is 866. The van der Waals surface area contributed by atoms with Gasteiger partial charge in [0, 0.05) is 12.0 Å². The maximum absolute atomic E-state index is 12.6. The number of methoxy groups -OCH3 is 1. The number of ether oxygens (including phenoxy) is 3. The lowest BCUT2D eigenvalue weighted by molar-refractivity contribution is -0.124. The lowest BCUT2D eigenvalue weighted by Gasteiger charge is -2.38. The zero-order valence-corrected chi connectivity index (χ0v) is 18.3. The number of halogens is 1. The number of fused-ring (bicyclic) bond motifs is 1. The number of carbonyl (C=O) groups is 1. The van der Waals surface area contributed by atoms with E-state index in [1.807, 2.05) is 50.2 Å². The number of hydrogen-bond acceptors (Lipinski definition) is 4. The van der Waals surface area contributed by atoms with E-state index in [1.165, 1.54) is 5.56 Å². The highest BCUT2D eigenvalue weighted by molar-refractivity contribution is 9.10. The average molecular weight is 448 g/mol. The average Bonchev–Trinajstić information content (AvgIpc) is 2.65. The zero-order valence-electron chi connectivity index (χ0n) is 16.7. The lowest BCUT2D eigenvalue weighted by Crippen LogP contribution is -2.42. The van der Waals surface area contributed by atoms with Gasteiger partial charge in [-0.2, -0.15) is 0 Å². The Kier molecular flexibility index (Phi) is 6.18. The molecule has 1 atom stereocenters. The summed E-state index contributed by atoms with van der Waals surface area (Å²) in [5, 5.41) is 3.08. The molecule has 1 aliphatic heterocycles. The molecule has 0 aliphatic carbocycles. The maximum atomic E-state index is 12.6. The quantitative estimate of drug-likeness (QED) is 0.689. The first kappa shape index (κ1) is 20.5. The summed E-state index contributed by atoms with van der Waals surface area (Å²) in [5.74, 6) is 1.98.